The number of carbonyl (C=O) groups is 1. The van der Waals surface area contributed by atoms with E-state index in [1.165, 1.54) is 0 Å². The zero-order valence-corrected chi connectivity index (χ0v) is 7.68. The summed E-state index contributed by atoms with van der Waals surface area (Å²) in [4.78, 5) is 11.0. The van der Waals surface area contributed by atoms with E-state index in [1.54, 1.807) is 0 Å². The normalized spacial score (nSPS) is 11.4. The Kier molecular flexibility index (Phi) is 5.90. The van der Waals surface area contributed by atoms with Crippen LogP contribution < -0.4 is 10.6 Å². The molecule has 0 aliphatic heterocycles. The lowest BCUT2D eigenvalue weighted by Gasteiger charge is -2.11. The highest BCUT2D eigenvalue weighted by atomic mass is 16.2. The minimum atomic E-state index is -0.139. The average Bonchev–Trinajstić information content (AvgIpc) is 2.01. The van der Waals surface area contributed by atoms with Gasteiger partial charge in [0.15, 0.2) is 0 Å². The number of hydrogen-bond donors (Lipinski definition) is 2. The minimum Gasteiger partial charge on any atom is -0.338 e. The summed E-state index contributed by atoms with van der Waals surface area (Å²) in [7, 11) is 0. The maximum absolute atomic E-state index is 11.0. The predicted octanol–water partition coefficient (Wildman–Crippen LogP) is 1.11. The van der Waals surface area contributed by atoms with E-state index in [2.05, 4.69) is 16.6 Å². The van der Waals surface area contributed by atoms with E-state index in [1.807, 2.05) is 13.8 Å². The quantitative estimate of drug-likeness (QED) is 0.606. The summed E-state index contributed by atoms with van der Waals surface area (Å²) in [5.41, 5.74) is 0. The van der Waals surface area contributed by atoms with Gasteiger partial charge in [-0.3, -0.25) is 0 Å². The molecule has 0 fully saturated rings. The van der Waals surface area contributed by atoms with E-state index in [4.69, 9.17) is 6.42 Å². The van der Waals surface area contributed by atoms with Crippen molar-refractivity contribution in [1.82, 2.24) is 10.6 Å². The molecule has 0 aliphatic rings. The molecule has 1 atom stereocenters. The molecular weight excluding hydrogens is 152 g/mol. The molecule has 0 saturated heterocycles. The Labute approximate surface area is 73.9 Å². The van der Waals surface area contributed by atoms with Crippen LogP contribution in [-0.4, -0.2) is 18.6 Å². The fourth-order valence-corrected chi connectivity index (χ4v) is 0.741. The van der Waals surface area contributed by atoms with E-state index in [0.29, 0.717) is 13.0 Å². The lowest BCUT2D eigenvalue weighted by molar-refractivity contribution is 0.238. The molecule has 0 aromatic heterocycles. The lowest BCUT2D eigenvalue weighted by Crippen LogP contribution is -2.40. The van der Waals surface area contributed by atoms with E-state index >= 15 is 0 Å². The number of rotatable bonds is 4. The fraction of sp³-hybridized carbons (Fsp3) is 0.667. The maximum Gasteiger partial charge on any atom is 0.315 e. The molecule has 2 N–H and O–H groups in total. The number of urea groups is 1. The zero-order chi connectivity index (χ0) is 9.40. The molecule has 12 heavy (non-hydrogen) atoms. The van der Waals surface area contributed by atoms with Gasteiger partial charge in [0.2, 0.25) is 0 Å². The Morgan fingerprint density at radius 2 is 2.33 bits per heavy atom. The number of hydrogen-bond acceptors (Lipinski definition) is 1. The molecule has 3 heteroatoms. The summed E-state index contributed by atoms with van der Waals surface area (Å²) in [6, 6.07) is -0.0912. The van der Waals surface area contributed by atoms with E-state index in [-0.39, 0.29) is 12.1 Å². The number of carbonyl (C=O) groups excluding carboxylic acids is 1. The second kappa shape index (κ2) is 6.53. The van der Waals surface area contributed by atoms with Crippen LogP contribution in [0.15, 0.2) is 0 Å². The van der Waals surface area contributed by atoms with Crippen LogP contribution in [0.1, 0.15) is 26.7 Å². The van der Waals surface area contributed by atoms with E-state index in [9.17, 15) is 4.79 Å². The third-order valence-electron chi connectivity index (χ3n) is 1.34. The molecule has 68 valence electrons. The van der Waals surface area contributed by atoms with Crippen LogP contribution in [0.4, 0.5) is 4.79 Å². The molecule has 0 rings (SSSR count). The monoisotopic (exact) mass is 168 g/mol. The molecule has 0 bridgehead atoms. The Balaban J connectivity index is 3.48. The highest BCUT2D eigenvalue weighted by Gasteiger charge is 2.03. The van der Waals surface area contributed by atoms with Crippen molar-refractivity contribution in [3.63, 3.8) is 0 Å². The first-order chi connectivity index (χ1) is 5.70. The topological polar surface area (TPSA) is 41.1 Å². The van der Waals surface area contributed by atoms with Gasteiger partial charge in [0.1, 0.15) is 0 Å². The summed E-state index contributed by atoms with van der Waals surface area (Å²) >= 11 is 0. The second-order valence-corrected chi connectivity index (χ2v) is 2.71. The molecule has 0 spiro atoms. The molecule has 2 amide bonds. The second-order valence-electron chi connectivity index (χ2n) is 2.71. The van der Waals surface area contributed by atoms with Crippen LogP contribution in [0, 0.1) is 12.3 Å². The van der Waals surface area contributed by atoms with Gasteiger partial charge in [0.25, 0.3) is 0 Å². The summed E-state index contributed by atoms with van der Waals surface area (Å²) in [5.74, 6) is 2.49. The van der Waals surface area contributed by atoms with Crippen LogP contribution in [0.5, 0.6) is 0 Å². The van der Waals surface area contributed by atoms with Crippen LogP contribution in [0.2, 0.25) is 0 Å². The molecule has 0 heterocycles. The van der Waals surface area contributed by atoms with Gasteiger partial charge in [-0.15, -0.1) is 12.3 Å². The predicted molar refractivity (Wildman–Crippen MR) is 49.7 cm³/mol. The van der Waals surface area contributed by atoms with Crippen LogP contribution in [0.25, 0.3) is 0 Å². The Morgan fingerprint density at radius 1 is 1.67 bits per heavy atom. The van der Waals surface area contributed by atoms with Crippen molar-refractivity contribution < 1.29 is 4.79 Å². The molecule has 3 nitrogen and oxygen atoms in total. The molecule has 0 saturated carbocycles. The van der Waals surface area contributed by atoms with Crippen molar-refractivity contribution in [2.75, 3.05) is 6.54 Å². The highest BCUT2D eigenvalue weighted by Crippen LogP contribution is 1.86. The van der Waals surface area contributed by atoms with Gasteiger partial charge in [-0.05, 0) is 13.3 Å². The average molecular weight is 168 g/mol. The number of nitrogens with one attached hydrogen (secondary N) is 2. The van der Waals surface area contributed by atoms with Crippen molar-refractivity contribution in [1.29, 1.82) is 0 Å². The van der Waals surface area contributed by atoms with Gasteiger partial charge < -0.3 is 10.6 Å². The summed E-state index contributed by atoms with van der Waals surface area (Å²) in [6.45, 7) is 4.59. The molecule has 0 aromatic rings. The zero-order valence-electron chi connectivity index (χ0n) is 7.68. The van der Waals surface area contributed by atoms with Gasteiger partial charge in [-0.2, -0.15) is 0 Å². The van der Waals surface area contributed by atoms with Crippen LogP contribution in [0.3, 0.4) is 0 Å². The van der Waals surface area contributed by atoms with Gasteiger partial charge in [0, 0.05) is 19.0 Å². The maximum atomic E-state index is 11.0. The van der Waals surface area contributed by atoms with Crippen molar-refractivity contribution in [2.24, 2.45) is 0 Å². The van der Waals surface area contributed by atoms with Crippen molar-refractivity contribution in [3.8, 4) is 12.3 Å². The number of terminal acetylenes is 1. The first kappa shape index (κ1) is 10.8. The Morgan fingerprint density at radius 3 is 2.83 bits per heavy atom. The van der Waals surface area contributed by atoms with Crippen molar-refractivity contribution >= 4 is 6.03 Å². The van der Waals surface area contributed by atoms with Gasteiger partial charge in [-0.25, -0.2) is 4.79 Å². The van der Waals surface area contributed by atoms with Crippen molar-refractivity contribution in [2.45, 2.75) is 32.7 Å². The summed E-state index contributed by atoms with van der Waals surface area (Å²) in [6.07, 6.45) is 6.59. The standard InChI is InChI=1S/C9H16N2O/c1-4-6-8(3)11-9(12)10-7-5-2/h1,8H,5-7H2,2-3H3,(H2,10,11,12). The van der Waals surface area contributed by atoms with E-state index in [0.717, 1.165) is 6.42 Å². The van der Waals surface area contributed by atoms with Crippen LogP contribution in [-0.2, 0) is 0 Å². The fourth-order valence-electron chi connectivity index (χ4n) is 0.741. The van der Waals surface area contributed by atoms with Gasteiger partial charge in [-0.1, -0.05) is 6.92 Å². The minimum absolute atomic E-state index is 0.0480. The van der Waals surface area contributed by atoms with Gasteiger partial charge >= 0.3 is 6.03 Å². The van der Waals surface area contributed by atoms with Crippen molar-refractivity contribution in [3.05, 3.63) is 0 Å². The third-order valence-corrected chi connectivity index (χ3v) is 1.34. The first-order valence-electron chi connectivity index (χ1n) is 4.18. The molecule has 1 unspecified atom stereocenters. The largest absolute Gasteiger partial charge is 0.338 e. The summed E-state index contributed by atoms with van der Waals surface area (Å²) < 4.78 is 0. The third kappa shape index (κ3) is 5.60. The van der Waals surface area contributed by atoms with E-state index < -0.39 is 0 Å². The molecule has 0 aromatic carbocycles. The molecular formula is C9H16N2O. The highest BCUT2D eigenvalue weighted by molar-refractivity contribution is 5.74. The van der Waals surface area contributed by atoms with Gasteiger partial charge in [0.05, 0.1) is 0 Å². The number of amides is 2. The molecule has 0 radical (unpaired) electrons. The Hall–Kier alpha value is -1.17. The first-order valence-corrected chi connectivity index (χ1v) is 4.18. The van der Waals surface area contributed by atoms with Crippen LogP contribution >= 0.6 is 0 Å². The Bertz CT molecular complexity index is 172. The lowest BCUT2D eigenvalue weighted by atomic mass is 10.2. The smallest absolute Gasteiger partial charge is 0.315 e. The molecule has 0 aliphatic carbocycles. The summed E-state index contributed by atoms with van der Waals surface area (Å²) in [5, 5.41) is 5.43. The SMILES string of the molecule is C#CCC(C)NC(=O)NCCC.